The number of aliphatic hydroxyl groups excluding tert-OH is 1. The summed E-state index contributed by atoms with van der Waals surface area (Å²) in [6.07, 6.45) is 7.74. The molecule has 3 atom stereocenters. The monoisotopic (exact) mass is 343 g/mol. The second-order valence-corrected chi connectivity index (χ2v) is 9.01. The quantitative estimate of drug-likeness (QED) is 0.771. The number of phenols is 1. The van der Waals surface area contributed by atoms with Crippen LogP contribution in [-0.4, -0.2) is 51.1 Å². The van der Waals surface area contributed by atoms with Gasteiger partial charge in [0.05, 0.1) is 11.7 Å². The molecule has 2 bridgehead atoms. The van der Waals surface area contributed by atoms with Gasteiger partial charge < -0.3 is 15.3 Å². The molecule has 0 amide bonds. The molecule has 0 unspecified atom stereocenters. The predicted octanol–water partition coefficient (Wildman–Crippen LogP) is 2.34. The number of fused-ring (bicyclic) bond motifs is 1. The second-order valence-electron chi connectivity index (χ2n) is 9.01. The van der Waals surface area contributed by atoms with Crippen molar-refractivity contribution in [2.24, 2.45) is 5.92 Å². The Kier molecular flexibility index (Phi) is 3.51. The van der Waals surface area contributed by atoms with Gasteiger partial charge >= 0.3 is 0 Å². The Labute approximate surface area is 149 Å². The van der Waals surface area contributed by atoms with Crippen molar-refractivity contribution in [3.8, 4) is 5.75 Å². The highest BCUT2D eigenvalue weighted by Crippen LogP contribution is 2.58. The van der Waals surface area contributed by atoms with Crippen LogP contribution in [0.4, 0.5) is 0 Å². The van der Waals surface area contributed by atoms with Gasteiger partial charge in [-0.15, -0.1) is 0 Å². The molecule has 0 radical (unpaired) electrons. The van der Waals surface area contributed by atoms with E-state index >= 15 is 0 Å². The van der Waals surface area contributed by atoms with Crippen molar-refractivity contribution in [3.63, 3.8) is 0 Å². The highest BCUT2D eigenvalue weighted by Gasteiger charge is 2.63. The van der Waals surface area contributed by atoms with E-state index in [1.807, 2.05) is 6.07 Å². The van der Waals surface area contributed by atoms with Gasteiger partial charge in [-0.25, -0.2) is 0 Å². The maximum atomic E-state index is 12.0. The van der Waals surface area contributed by atoms with Gasteiger partial charge in [-0.1, -0.05) is 18.9 Å². The number of phenolic OH excluding ortho intramolecular Hbond substituents is 1. The van der Waals surface area contributed by atoms with Crippen LogP contribution in [0.25, 0.3) is 0 Å². The number of benzene rings is 1. The molecule has 0 aromatic heterocycles. The fourth-order valence-electron chi connectivity index (χ4n) is 6.49. The number of aliphatic hydroxyl groups is 2. The first-order valence-corrected chi connectivity index (χ1v) is 9.99. The molecule has 0 spiro atoms. The number of hydrogen-bond acceptors (Lipinski definition) is 4. The zero-order chi connectivity index (χ0) is 17.2. The van der Waals surface area contributed by atoms with E-state index in [0.29, 0.717) is 11.7 Å². The Hall–Kier alpha value is -1.10. The van der Waals surface area contributed by atoms with E-state index in [-0.39, 0.29) is 17.6 Å². The van der Waals surface area contributed by atoms with Crippen molar-refractivity contribution >= 4 is 0 Å². The fourth-order valence-corrected chi connectivity index (χ4v) is 6.49. The van der Waals surface area contributed by atoms with Crippen LogP contribution in [0.5, 0.6) is 5.75 Å². The number of hydrogen-bond donors (Lipinski definition) is 3. The predicted molar refractivity (Wildman–Crippen MR) is 95.6 cm³/mol. The molecule has 136 valence electrons. The van der Waals surface area contributed by atoms with Crippen LogP contribution in [0.2, 0.25) is 0 Å². The minimum absolute atomic E-state index is 0.110. The van der Waals surface area contributed by atoms with Crippen LogP contribution in [-0.2, 0) is 11.8 Å². The van der Waals surface area contributed by atoms with Crippen LogP contribution < -0.4 is 0 Å². The van der Waals surface area contributed by atoms with Gasteiger partial charge in [-0.3, -0.25) is 4.90 Å². The molecule has 1 aliphatic heterocycles. The maximum absolute atomic E-state index is 12.0. The van der Waals surface area contributed by atoms with E-state index in [4.69, 9.17) is 0 Å². The SMILES string of the molecule is Oc1ccc2c(c1)[C@]13CCCC[C@@]1(O)[C@H](C2)N(CC1CC(O)C1)CC3. The first-order chi connectivity index (χ1) is 12.0. The number of likely N-dealkylation sites (tertiary alicyclic amines) is 1. The molecule has 3 aliphatic carbocycles. The van der Waals surface area contributed by atoms with Gasteiger partial charge in [0.15, 0.2) is 0 Å². The third-order valence-electron chi connectivity index (χ3n) is 7.78. The first-order valence-electron chi connectivity index (χ1n) is 9.99. The molecule has 1 aromatic rings. The van der Waals surface area contributed by atoms with Crippen molar-refractivity contribution in [1.82, 2.24) is 4.90 Å². The van der Waals surface area contributed by atoms with Crippen LogP contribution in [0.15, 0.2) is 18.2 Å². The zero-order valence-corrected chi connectivity index (χ0v) is 14.8. The fraction of sp³-hybridized carbons (Fsp3) is 0.714. The maximum Gasteiger partial charge on any atom is 0.115 e. The van der Waals surface area contributed by atoms with Gasteiger partial charge in [-0.2, -0.15) is 0 Å². The third-order valence-corrected chi connectivity index (χ3v) is 7.78. The summed E-state index contributed by atoms with van der Waals surface area (Å²) in [6, 6.07) is 5.98. The van der Waals surface area contributed by atoms with Crippen molar-refractivity contribution < 1.29 is 15.3 Å². The van der Waals surface area contributed by atoms with Gasteiger partial charge in [0, 0.05) is 18.0 Å². The van der Waals surface area contributed by atoms with E-state index in [1.54, 1.807) is 6.07 Å². The third kappa shape index (κ3) is 2.17. The van der Waals surface area contributed by atoms with Crippen molar-refractivity contribution in [2.75, 3.05) is 13.1 Å². The van der Waals surface area contributed by atoms with Crippen molar-refractivity contribution in [2.45, 2.75) is 74.5 Å². The summed E-state index contributed by atoms with van der Waals surface area (Å²) < 4.78 is 0. The Bertz CT molecular complexity index is 686. The number of piperidine rings is 1. The lowest BCUT2D eigenvalue weighted by Gasteiger charge is -2.64. The molecule has 3 N–H and O–H groups in total. The first kappa shape index (κ1) is 16.1. The molecular weight excluding hydrogens is 314 g/mol. The Morgan fingerprint density at radius 1 is 1.12 bits per heavy atom. The highest BCUT2D eigenvalue weighted by atomic mass is 16.3. The smallest absolute Gasteiger partial charge is 0.115 e. The zero-order valence-electron chi connectivity index (χ0n) is 14.8. The largest absolute Gasteiger partial charge is 0.508 e. The Morgan fingerprint density at radius 2 is 1.92 bits per heavy atom. The Morgan fingerprint density at radius 3 is 2.72 bits per heavy atom. The molecule has 1 aromatic carbocycles. The summed E-state index contributed by atoms with van der Waals surface area (Å²) in [5.74, 6) is 0.904. The molecule has 25 heavy (non-hydrogen) atoms. The molecule has 3 fully saturated rings. The molecular formula is C21H29NO3. The van der Waals surface area contributed by atoms with Gasteiger partial charge in [0.2, 0.25) is 0 Å². The van der Waals surface area contributed by atoms with Gasteiger partial charge in [-0.05, 0) is 74.2 Å². The van der Waals surface area contributed by atoms with E-state index in [0.717, 1.165) is 58.0 Å². The molecule has 2 saturated carbocycles. The van der Waals surface area contributed by atoms with Crippen LogP contribution in [0.1, 0.15) is 56.1 Å². The summed E-state index contributed by atoms with van der Waals surface area (Å²) >= 11 is 0. The van der Waals surface area contributed by atoms with E-state index < -0.39 is 5.60 Å². The van der Waals surface area contributed by atoms with Crippen molar-refractivity contribution in [3.05, 3.63) is 29.3 Å². The molecule has 1 heterocycles. The number of nitrogens with zero attached hydrogens (tertiary/aromatic N) is 1. The minimum Gasteiger partial charge on any atom is -0.508 e. The average molecular weight is 343 g/mol. The molecule has 4 heteroatoms. The lowest BCUT2D eigenvalue weighted by Crippen LogP contribution is -2.72. The van der Waals surface area contributed by atoms with Gasteiger partial charge in [0.1, 0.15) is 5.75 Å². The van der Waals surface area contributed by atoms with Crippen LogP contribution in [0, 0.1) is 5.92 Å². The molecule has 4 nitrogen and oxygen atoms in total. The summed E-state index contributed by atoms with van der Waals surface area (Å²) in [7, 11) is 0. The lowest BCUT2D eigenvalue weighted by atomic mass is 9.49. The van der Waals surface area contributed by atoms with E-state index in [9.17, 15) is 15.3 Å². The number of aromatic hydroxyl groups is 1. The van der Waals surface area contributed by atoms with Crippen LogP contribution >= 0.6 is 0 Å². The van der Waals surface area contributed by atoms with E-state index in [2.05, 4.69) is 11.0 Å². The molecule has 1 saturated heterocycles. The standard InChI is InChI=1S/C21H29NO3/c23-16-4-3-15-11-19-21(25)6-2-1-5-20(21,18(15)12-16)7-8-22(19)13-14-9-17(24)10-14/h3-4,12,14,17,19,23-25H,1-2,5-11,13H2/t14?,17?,19-,20+,21+/m0/s1. The summed E-state index contributed by atoms with van der Waals surface area (Å²) in [5, 5.41) is 31.7. The van der Waals surface area contributed by atoms with Gasteiger partial charge in [0.25, 0.3) is 0 Å². The topological polar surface area (TPSA) is 63.9 Å². The Balaban J connectivity index is 1.54. The minimum atomic E-state index is -0.674. The summed E-state index contributed by atoms with van der Waals surface area (Å²) in [4.78, 5) is 2.52. The van der Waals surface area contributed by atoms with Crippen molar-refractivity contribution in [1.29, 1.82) is 0 Å². The average Bonchev–Trinajstić information content (AvgIpc) is 2.56. The normalized spacial score (nSPS) is 43.0. The van der Waals surface area contributed by atoms with Crippen LogP contribution in [0.3, 0.4) is 0 Å². The second kappa shape index (κ2) is 5.45. The molecule has 4 aliphatic rings. The molecule has 5 rings (SSSR count). The number of rotatable bonds is 2. The lowest BCUT2D eigenvalue weighted by molar-refractivity contribution is -0.171. The summed E-state index contributed by atoms with van der Waals surface area (Å²) in [5.41, 5.74) is 1.67. The highest BCUT2D eigenvalue weighted by molar-refractivity contribution is 5.48. The summed E-state index contributed by atoms with van der Waals surface area (Å²) in [6.45, 7) is 2.03. The van der Waals surface area contributed by atoms with E-state index in [1.165, 1.54) is 17.5 Å².